The standard InChI is InChI=1S/C15H20N2O3S/c1-21(19,20)16-14-9-11-17(12-10-14)15(18)8-7-13-5-3-2-4-6-13/h2-8,14,16H,9-12H2,1H3/b8-7+. The van der Waals surface area contributed by atoms with Gasteiger partial charge in [-0.3, -0.25) is 4.79 Å². The van der Waals surface area contributed by atoms with Crippen molar-refractivity contribution in [3.63, 3.8) is 0 Å². The lowest BCUT2D eigenvalue weighted by molar-refractivity contribution is -0.126. The molecule has 0 saturated carbocycles. The summed E-state index contributed by atoms with van der Waals surface area (Å²) in [5.74, 6) is -0.0309. The molecule has 0 bridgehead atoms. The Hall–Kier alpha value is -1.66. The van der Waals surface area contributed by atoms with Crippen molar-refractivity contribution in [1.82, 2.24) is 9.62 Å². The molecule has 0 spiro atoms. The molecule has 0 radical (unpaired) electrons. The molecule has 1 saturated heterocycles. The Morgan fingerprint density at radius 1 is 1.24 bits per heavy atom. The fourth-order valence-electron chi connectivity index (χ4n) is 2.36. The lowest BCUT2D eigenvalue weighted by Crippen LogP contribution is -2.45. The summed E-state index contributed by atoms with van der Waals surface area (Å²) in [5.41, 5.74) is 0.986. The minimum atomic E-state index is -3.18. The van der Waals surface area contributed by atoms with Crippen molar-refractivity contribution in [2.24, 2.45) is 0 Å². The van der Waals surface area contributed by atoms with E-state index in [4.69, 9.17) is 0 Å². The Kier molecular flexibility index (Phi) is 5.14. The summed E-state index contributed by atoms with van der Waals surface area (Å²) in [6.07, 6.45) is 5.83. The van der Waals surface area contributed by atoms with Crippen molar-refractivity contribution in [2.45, 2.75) is 18.9 Å². The van der Waals surface area contributed by atoms with Gasteiger partial charge in [0, 0.05) is 25.2 Å². The van der Waals surface area contributed by atoms with Crippen LogP contribution in [0.1, 0.15) is 18.4 Å². The van der Waals surface area contributed by atoms with Crippen LogP contribution < -0.4 is 4.72 Å². The van der Waals surface area contributed by atoms with E-state index in [0.717, 1.165) is 11.8 Å². The van der Waals surface area contributed by atoms with E-state index in [1.165, 1.54) is 0 Å². The highest BCUT2D eigenvalue weighted by atomic mass is 32.2. The van der Waals surface area contributed by atoms with E-state index in [-0.39, 0.29) is 11.9 Å². The summed E-state index contributed by atoms with van der Waals surface area (Å²) in [5, 5.41) is 0. The van der Waals surface area contributed by atoms with Crippen LogP contribution in [0.25, 0.3) is 6.08 Å². The van der Waals surface area contributed by atoms with Gasteiger partial charge in [-0.1, -0.05) is 30.3 Å². The third kappa shape index (κ3) is 5.32. The Morgan fingerprint density at radius 2 is 1.86 bits per heavy atom. The number of carbonyl (C=O) groups excluding carboxylic acids is 1. The van der Waals surface area contributed by atoms with Crippen LogP contribution in [0.15, 0.2) is 36.4 Å². The van der Waals surface area contributed by atoms with Gasteiger partial charge < -0.3 is 4.90 Å². The molecular formula is C15H20N2O3S. The van der Waals surface area contributed by atoms with E-state index in [9.17, 15) is 13.2 Å². The van der Waals surface area contributed by atoms with Crippen LogP contribution >= 0.6 is 0 Å². The summed E-state index contributed by atoms with van der Waals surface area (Å²) >= 11 is 0. The molecule has 0 unspecified atom stereocenters. The van der Waals surface area contributed by atoms with Gasteiger partial charge in [0.2, 0.25) is 15.9 Å². The minimum absolute atomic E-state index is 0.0309. The molecule has 1 aliphatic rings. The third-order valence-electron chi connectivity index (χ3n) is 3.41. The van der Waals surface area contributed by atoms with E-state index in [0.29, 0.717) is 25.9 Å². The van der Waals surface area contributed by atoms with Crippen LogP contribution in [0.3, 0.4) is 0 Å². The summed E-state index contributed by atoms with van der Waals surface area (Å²) < 4.78 is 24.9. The largest absolute Gasteiger partial charge is 0.339 e. The fourth-order valence-corrected chi connectivity index (χ4v) is 3.20. The zero-order valence-corrected chi connectivity index (χ0v) is 12.8. The molecular weight excluding hydrogens is 288 g/mol. The predicted molar refractivity (Wildman–Crippen MR) is 83.1 cm³/mol. The van der Waals surface area contributed by atoms with Gasteiger partial charge >= 0.3 is 0 Å². The van der Waals surface area contributed by atoms with Crippen LogP contribution in [0.4, 0.5) is 0 Å². The molecule has 0 atom stereocenters. The molecule has 1 fully saturated rings. The Morgan fingerprint density at radius 3 is 2.43 bits per heavy atom. The smallest absolute Gasteiger partial charge is 0.246 e. The van der Waals surface area contributed by atoms with E-state index in [1.54, 1.807) is 17.1 Å². The van der Waals surface area contributed by atoms with Gasteiger partial charge in [0.15, 0.2) is 0 Å². The lowest BCUT2D eigenvalue weighted by atomic mass is 10.1. The Balaban J connectivity index is 1.85. The maximum absolute atomic E-state index is 12.1. The first kappa shape index (κ1) is 15.7. The monoisotopic (exact) mass is 308 g/mol. The molecule has 1 aromatic carbocycles. The summed E-state index contributed by atoms with van der Waals surface area (Å²) in [6, 6.07) is 9.58. The highest BCUT2D eigenvalue weighted by molar-refractivity contribution is 7.88. The first-order valence-electron chi connectivity index (χ1n) is 6.93. The molecule has 1 amide bonds. The van der Waals surface area contributed by atoms with Crippen LogP contribution in [0.5, 0.6) is 0 Å². The maximum atomic E-state index is 12.1. The molecule has 0 aliphatic carbocycles. The van der Waals surface area contributed by atoms with Gasteiger partial charge in [-0.25, -0.2) is 13.1 Å². The predicted octanol–water partition coefficient (Wildman–Crippen LogP) is 1.24. The second-order valence-electron chi connectivity index (χ2n) is 5.23. The van der Waals surface area contributed by atoms with Crippen LogP contribution in [0.2, 0.25) is 0 Å². The zero-order chi connectivity index (χ0) is 15.3. The van der Waals surface area contributed by atoms with Crippen molar-refractivity contribution in [3.8, 4) is 0 Å². The topological polar surface area (TPSA) is 66.5 Å². The quantitative estimate of drug-likeness (QED) is 0.851. The molecule has 114 valence electrons. The first-order chi connectivity index (χ1) is 9.94. The highest BCUT2D eigenvalue weighted by Gasteiger charge is 2.23. The zero-order valence-electron chi connectivity index (χ0n) is 12.0. The van der Waals surface area contributed by atoms with Gasteiger partial charge in [-0.2, -0.15) is 0 Å². The molecule has 1 N–H and O–H groups in total. The Bertz CT molecular complexity index is 603. The molecule has 2 rings (SSSR count). The van der Waals surface area contributed by atoms with Crippen LogP contribution in [0, 0.1) is 0 Å². The lowest BCUT2D eigenvalue weighted by Gasteiger charge is -2.31. The van der Waals surface area contributed by atoms with E-state index < -0.39 is 10.0 Å². The number of likely N-dealkylation sites (tertiary alicyclic amines) is 1. The number of piperidine rings is 1. The molecule has 1 heterocycles. The molecule has 6 heteroatoms. The average Bonchev–Trinajstić information content (AvgIpc) is 2.45. The van der Waals surface area contributed by atoms with Gasteiger partial charge in [-0.05, 0) is 24.5 Å². The number of hydrogen-bond donors (Lipinski definition) is 1. The number of carbonyl (C=O) groups is 1. The van der Waals surface area contributed by atoms with Gasteiger partial charge in [0.25, 0.3) is 0 Å². The normalized spacial score (nSPS) is 17.3. The molecule has 21 heavy (non-hydrogen) atoms. The number of nitrogens with one attached hydrogen (secondary N) is 1. The van der Waals surface area contributed by atoms with E-state index in [2.05, 4.69) is 4.72 Å². The van der Waals surface area contributed by atoms with Gasteiger partial charge in [-0.15, -0.1) is 0 Å². The number of nitrogens with zero attached hydrogens (tertiary/aromatic N) is 1. The van der Waals surface area contributed by atoms with Crippen molar-refractivity contribution in [3.05, 3.63) is 42.0 Å². The van der Waals surface area contributed by atoms with Crippen molar-refractivity contribution < 1.29 is 13.2 Å². The second-order valence-corrected chi connectivity index (χ2v) is 7.01. The SMILES string of the molecule is CS(=O)(=O)NC1CCN(C(=O)/C=C/c2ccccc2)CC1. The number of sulfonamides is 1. The summed E-state index contributed by atoms with van der Waals surface area (Å²) in [6.45, 7) is 1.15. The fraction of sp³-hybridized carbons (Fsp3) is 0.400. The number of amides is 1. The van der Waals surface area contributed by atoms with Crippen LogP contribution in [-0.2, 0) is 14.8 Å². The maximum Gasteiger partial charge on any atom is 0.246 e. The first-order valence-corrected chi connectivity index (χ1v) is 8.82. The highest BCUT2D eigenvalue weighted by Crippen LogP contribution is 2.12. The molecule has 5 nitrogen and oxygen atoms in total. The minimum Gasteiger partial charge on any atom is -0.339 e. The van der Waals surface area contributed by atoms with E-state index >= 15 is 0 Å². The van der Waals surface area contributed by atoms with Crippen molar-refractivity contribution in [2.75, 3.05) is 19.3 Å². The molecule has 1 aromatic rings. The average molecular weight is 308 g/mol. The molecule has 1 aliphatic heterocycles. The number of rotatable bonds is 4. The number of benzene rings is 1. The Labute approximate surface area is 125 Å². The summed E-state index contributed by atoms with van der Waals surface area (Å²) in [7, 11) is -3.18. The number of hydrogen-bond acceptors (Lipinski definition) is 3. The van der Waals surface area contributed by atoms with Crippen molar-refractivity contribution >= 4 is 22.0 Å². The van der Waals surface area contributed by atoms with E-state index in [1.807, 2.05) is 30.3 Å². The van der Waals surface area contributed by atoms with Gasteiger partial charge in [0.1, 0.15) is 0 Å². The van der Waals surface area contributed by atoms with Crippen LogP contribution in [-0.4, -0.2) is 44.6 Å². The third-order valence-corrected chi connectivity index (χ3v) is 4.17. The summed E-state index contributed by atoms with van der Waals surface area (Å²) in [4.78, 5) is 13.8. The van der Waals surface area contributed by atoms with Crippen molar-refractivity contribution in [1.29, 1.82) is 0 Å². The molecule has 0 aromatic heterocycles. The second kappa shape index (κ2) is 6.87. The van der Waals surface area contributed by atoms with Gasteiger partial charge in [0.05, 0.1) is 6.26 Å².